The summed E-state index contributed by atoms with van der Waals surface area (Å²) < 4.78 is 0. The molecule has 2 aliphatic heterocycles. The SMILES string of the molecule is C=C1C=C2c3cc(CC)c(/C(C=N)=C/C)cc3CC(C(C)(C)C)N2C=C1C(=O)CCC. The molecule has 0 spiro atoms. The van der Waals surface area contributed by atoms with Gasteiger partial charge in [0.05, 0.1) is 0 Å². The lowest BCUT2D eigenvalue weighted by atomic mass is 9.75. The van der Waals surface area contributed by atoms with Crippen molar-refractivity contribution in [2.45, 2.75) is 73.3 Å². The van der Waals surface area contributed by atoms with E-state index in [9.17, 15) is 4.79 Å². The highest BCUT2D eigenvalue weighted by molar-refractivity contribution is 6.09. The van der Waals surface area contributed by atoms with Crippen LogP contribution in [-0.2, 0) is 17.6 Å². The number of carbonyl (C=O) groups excluding carboxylic acids is 1. The quantitative estimate of drug-likeness (QED) is 0.522. The van der Waals surface area contributed by atoms with Gasteiger partial charge in [-0.3, -0.25) is 4.79 Å². The Morgan fingerprint density at radius 1 is 1.29 bits per heavy atom. The number of aryl methyl sites for hydroxylation is 1. The number of ketones is 1. The maximum absolute atomic E-state index is 12.8. The molecule has 1 aromatic carbocycles. The van der Waals surface area contributed by atoms with Crippen molar-refractivity contribution in [3.63, 3.8) is 0 Å². The highest BCUT2D eigenvalue weighted by atomic mass is 16.1. The minimum atomic E-state index is 0.0272. The van der Waals surface area contributed by atoms with Crippen LogP contribution < -0.4 is 0 Å². The summed E-state index contributed by atoms with van der Waals surface area (Å²) in [6.45, 7) is 17.2. The van der Waals surface area contributed by atoms with Gasteiger partial charge < -0.3 is 10.3 Å². The lowest BCUT2D eigenvalue weighted by Gasteiger charge is -2.47. The predicted octanol–water partition coefficient (Wildman–Crippen LogP) is 6.74. The van der Waals surface area contributed by atoms with Gasteiger partial charge in [0.15, 0.2) is 5.78 Å². The molecule has 164 valence electrons. The highest BCUT2D eigenvalue weighted by Crippen LogP contribution is 2.44. The zero-order valence-corrected chi connectivity index (χ0v) is 19.9. The number of hydrogen-bond donors (Lipinski definition) is 1. The summed E-state index contributed by atoms with van der Waals surface area (Å²) in [5.41, 5.74) is 8.61. The normalized spacial score (nSPS) is 18.8. The molecule has 2 heterocycles. The van der Waals surface area contributed by atoms with E-state index in [-0.39, 0.29) is 17.2 Å². The molecule has 0 amide bonds. The van der Waals surface area contributed by atoms with E-state index >= 15 is 0 Å². The molecule has 0 saturated heterocycles. The highest BCUT2D eigenvalue weighted by Gasteiger charge is 2.38. The smallest absolute Gasteiger partial charge is 0.164 e. The van der Waals surface area contributed by atoms with Crippen LogP contribution in [0.1, 0.15) is 76.6 Å². The van der Waals surface area contributed by atoms with Crippen LogP contribution in [0.15, 0.2) is 48.2 Å². The number of carbonyl (C=O) groups is 1. The number of benzene rings is 1. The summed E-state index contributed by atoms with van der Waals surface area (Å²) in [4.78, 5) is 15.1. The Kier molecular flexibility index (Phi) is 6.54. The minimum Gasteiger partial charge on any atom is -0.343 e. The molecule has 1 unspecified atom stereocenters. The monoisotopic (exact) mass is 416 g/mol. The predicted molar refractivity (Wildman–Crippen MR) is 132 cm³/mol. The summed E-state index contributed by atoms with van der Waals surface area (Å²) in [6.07, 6.45) is 10.8. The zero-order valence-electron chi connectivity index (χ0n) is 19.9. The van der Waals surface area contributed by atoms with Crippen LogP contribution in [0.25, 0.3) is 11.3 Å². The summed E-state index contributed by atoms with van der Waals surface area (Å²) in [5.74, 6) is 0.176. The third-order valence-electron chi connectivity index (χ3n) is 6.49. The van der Waals surface area contributed by atoms with Gasteiger partial charge in [-0.05, 0) is 71.6 Å². The fourth-order valence-electron chi connectivity index (χ4n) is 4.70. The first-order valence-electron chi connectivity index (χ1n) is 11.4. The Hall–Kier alpha value is -2.68. The first kappa shape index (κ1) is 23.0. The van der Waals surface area contributed by atoms with Crippen LogP contribution in [0.2, 0.25) is 0 Å². The van der Waals surface area contributed by atoms with E-state index in [1.54, 1.807) is 0 Å². The second kappa shape index (κ2) is 8.82. The topological polar surface area (TPSA) is 44.2 Å². The molecule has 0 saturated carbocycles. The van der Waals surface area contributed by atoms with Crippen LogP contribution in [0.3, 0.4) is 0 Å². The first-order valence-corrected chi connectivity index (χ1v) is 11.4. The van der Waals surface area contributed by atoms with Crippen LogP contribution >= 0.6 is 0 Å². The molecule has 0 fully saturated rings. The van der Waals surface area contributed by atoms with Gasteiger partial charge in [-0.1, -0.05) is 53.3 Å². The van der Waals surface area contributed by atoms with Crippen molar-refractivity contribution in [2.75, 3.05) is 0 Å². The maximum atomic E-state index is 12.8. The zero-order chi connectivity index (χ0) is 22.9. The second-order valence-corrected chi connectivity index (χ2v) is 9.67. The Labute approximate surface area is 187 Å². The average Bonchev–Trinajstić information content (AvgIpc) is 2.72. The lowest BCUT2D eigenvalue weighted by molar-refractivity contribution is -0.115. The van der Waals surface area contributed by atoms with Gasteiger partial charge >= 0.3 is 0 Å². The van der Waals surface area contributed by atoms with Gasteiger partial charge in [-0.15, -0.1) is 0 Å². The van der Waals surface area contributed by atoms with Crippen LogP contribution in [0.5, 0.6) is 0 Å². The van der Waals surface area contributed by atoms with Gasteiger partial charge in [-0.2, -0.15) is 0 Å². The fourth-order valence-corrected chi connectivity index (χ4v) is 4.70. The molecular formula is C28H36N2O. The van der Waals surface area contributed by atoms with Crippen molar-refractivity contribution >= 4 is 23.3 Å². The van der Waals surface area contributed by atoms with Crippen molar-refractivity contribution in [3.05, 3.63) is 70.5 Å². The molecule has 0 aliphatic carbocycles. The minimum absolute atomic E-state index is 0.0272. The Bertz CT molecular complexity index is 1010. The molecule has 1 aromatic rings. The number of rotatable bonds is 6. The summed E-state index contributed by atoms with van der Waals surface area (Å²) in [6, 6.07) is 4.81. The number of nitrogens with one attached hydrogen (secondary N) is 1. The van der Waals surface area contributed by atoms with Gasteiger partial charge in [0.2, 0.25) is 0 Å². The molecule has 0 aromatic heterocycles. The van der Waals surface area contributed by atoms with Crippen LogP contribution in [0.4, 0.5) is 0 Å². The van der Waals surface area contributed by atoms with E-state index in [4.69, 9.17) is 5.41 Å². The first-order chi connectivity index (χ1) is 14.7. The Balaban J connectivity index is 2.21. The summed E-state index contributed by atoms with van der Waals surface area (Å²) in [7, 11) is 0. The van der Waals surface area contributed by atoms with Crippen molar-refractivity contribution in [2.24, 2.45) is 5.41 Å². The van der Waals surface area contributed by atoms with Crippen molar-refractivity contribution < 1.29 is 4.79 Å². The molecule has 0 bridgehead atoms. The molecule has 0 radical (unpaired) electrons. The van der Waals surface area contributed by atoms with E-state index in [2.05, 4.69) is 63.6 Å². The largest absolute Gasteiger partial charge is 0.343 e. The molecule has 3 nitrogen and oxygen atoms in total. The maximum Gasteiger partial charge on any atom is 0.164 e. The van der Waals surface area contributed by atoms with Gasteiger partial charge in [-0.25, -0.2) is 0 Å². The fraction of sp³-hybridized carbons (Fsp3) is 0.429. The Morgan fingerprint density at radius 3 is 2.55 bits per heavy atom. The van der Waals surface area contributed by atoms with Crippen LogP contribution in [0, 0.1) is 10.8 Å². The standard InChI is InChI=1S/C28H36N2O/c1-8-11-26(31)24-17-30-25(12-18(24)4)23-13-19(9-2)22(20(10-3)16-29)14-21(23)15-27(30)28(5,6)7/h10,12-14,16-17,27,29H,4,8-9,11,15H2,1-3,5-7H3/b20-10+,29-16?. The van der Waals surface area contributed by atoms with Gasteiger partial charge in [0.25, 0.3) is 0 Å². The third-order valence-corrected chi connectivity index (χ3v) is 6.49. The number of Topliss-reactive ketones (excluding diaryl/α,β-unsaturated/α-hetero) is 1. The average molecular weight is 417 g/mol. The van der Waals surface area contributed by atoms with E-state index < -0.39 is 0 Å². The molecule has 2 aliphatic rings. The number of nitrogens with zero attached hydrogens (tertiary/aromatic N) is 1. The van der Waals surface area contributed by atoms with E-state index in [0.717, 1.165) is 47.2 Å². The molecule has 1 N–H and O–H groups in total. The number of fused-ring (bicyclic) bond motifs is 3. The number of allylic oxidation sites excluding steroid dienone is 5. The number of hydrogen-bond acceptors (Lipinski definition) is 3. The lowest BCUT2D eigenvalue weighted by Crippen LogP contribution is -2.46. The van der Waals surface area contributed by atoms with Crippen molar-refractivity contribution in [1.29, 1.82) is 5.41 Å². The van der Waals surface area contributed by atoms with Crippen molar-refractivity contribution in [1.82, 2.24) is 4.90 Å². The Morgan fingerprint density at radius 2 is 2.00 bits per heavy atom. The molecular weight excluding hydrogens is 380 g/mol. The summed E-state index contributed by atoms with van der Waals surface area (Å²) in [5, 5.41) is 7.85. The molecule has 1 atom stereocenters. The molecule has 31 heavy (non-hydrogen) atoms. The van der Waals surface area contributed by atoms with E-state index in [1.807, 2.05) is 19.9 Å². The van der Waals surface area contributed by atoms with Gasteiger partial charge in [0, 0.05) is 41.7 Å². The summed E-state index contributed by atoms with van der Waals surface area (Å²) >= 11 is 0. The van der Waals surface area contributed by atoms with E-state index in [1.165, 1.54) is 22.9 Å². The molecule has 3 rings (SSSR count). The van der Waals surface area contributed by atoms with Crippen molar-refractivity contribution in [3.8, 4) is 0 Å². The van der Waals surface area contributed by atoms with E-state index in [0.29, 0.717) is 6.42 Å². The van der Waals surface area contributed by atoms with Gasteiger partial charge in [0.1, 0.15) is 0 Å². The second-order valence-electron chi connectivity index (χ2n) is 9.67. The van der Waals surface area contributed by atoms with Crippen LogP contribution in [-0.4, -0.2) is 22.9 Å². The third kappa shape index (κ3) is 4.23. The molecule has 3 heteroatoms.